The molecule has 0 radical (unpaired) electrons. The number of rotatable bonds is 4. The summed E-state index contributed by atoms with van der Waals surface area (Å²) >= 11 is 5.96. The van der Waals surface area contributed by atoms with Crippen molar-refractivity contribution in [1.29, 1.82) is 0 Å². The zero-order valence-corrected chi connectivity index (χ0v) is 17.9. The Labute approximate surface area is 181 Å². The lowest BCUT2D eigenvalue weighted by molar-refractivity contribution is -0.140. The summed E-state index contributed by atoms with van der Waals surface area (Å²) < 4.78 is 5.07. The number of likely N-dealkylation sites (tertiary alicyclic amines) is 1. The molecule has 2 aromatic rings. The molecule has 1 atom stereocenters. The highest BCUT2D eigenvalue weighted by Crippen LogP contribution is 2.34. The fourth-order valence-electron chi connectivity index (χ4n) is 4.38. The minimum absolute atomic E-state index is 0.0654. The normalized spacial score (nSPS) is 21.4. The van der Waals surface area contributed by atoms with Gasteiger partial charge in [0.1, 0.15) is 0 Å². The molecular weight excluding hydrogens is 404 g/mol. The van der Waals surface area contributed by atoms with Gasteiger partial charge in [-0.3, -0.25) is 4.79 Å². The van der Waals surface area contributed by atoms with E-state index < -0.39 is 5.60 Å². The molecule has 1 N–H and O–H groups in total. The molecule has 7 nitrogen and oxygen atoms in total. The van der Waals surface area contributed by atoms with E-state index in [2.05, 4.69) is 15.1 Å². The van der Waals surface area contributed by atoms with E-state index in [4.69, 9.17) is 16.3 Å². The van der Waals surface area contributed by atoms with Gasteiger partial charge in [-0.25, -0.2) is 0 Å². The van der Waals surface area contributed by atoms with E-state index in [1.807, 2.05) is 23.1 Å². The molecule has 160 valence electrons. The van der Waals surface area contributed by atoms with Crippen LogP contribution in [0.4, 0.5) is 5.82 Å². The Bertz CT molecular complexity index is 867. The summed E-state index contributed by atoms with van der Waals surface area (Å²) in [6.45, 7) is 2.60. The summed E-state index contributed by atoms with van der Waals surface area (Å²) in [5.41, 5.74) is -0.0422. The van der Waals surface area contributed by atoms with Gasteiger partial charge in [0.2, 0.25) is 11.8 Å². The highest BCUT2D eigenvalue weighted by Gasteiger charge is 2.38. The number of carbonyl (C=O) groups excluding carboxylic acids is 1. The van der Waals surface area contributed by atoms with Gasteiger partial charge in [-0.15, -0.1) is 10.2 Å². The van der Waals surface area contributed by atoms with Crippen molar-refractivity contribution in [3.8, 4) is 5.88 Å². The Kier molecular flexibility index (Phi) is 6.11. The summed E-state index contributed by atoms with van der Waals surface area (Å²) in [6, 6.07) is 11.0. The first-order valence-corrected chi connectivity index (χ1v) is 10.8. The number of hydrogen-bond acceptors (Lipinski definition) is 6. The zero-order chi connectivity index (χ0) is 21.1. The summed E-state index contributed by atoms with van der Waals surface area (Å²) in [4.78, 5) is 17.2. The molecule has 30 heavy (non-hydrogen) atoms. The minimum Gasteiger partial charge on any atom is -0.480 e. The highest BCUT2D eigenvalue weighted by molar-refractivity contribution is 6.30. The largest absolute Gasteiger partial charge is 0.480 e. The SMILES string of the molecule is COc1ccc(N2CCCC(C(=O)N3CCC(O)(c4ccc(Cl)cc4)CC3)C2)nn1. The van der Waals surface area contributed by atoms with Crippen molar-refractivity contribution in [1.82, 2.24) is 15.1 Å². The maximum absolute atomic E-state index is 13.2. The average molecular weight is 431 g/mol. The lowest BCUT2D eigenvalue weighted by Crippen LogP contribution is -2.50. The standard InChI is InChI=1S/C22H27ClN4O3/c1-30-20-9-8-19(24-25-20)27-12-2-3-16(15-27)21(28)26-13-10-22(29,11-14-26)17-4-6-18(23)7-5-17/h4-9,16,29H,2-3,10-15H2,1H3. The number of anilines is 1. The van der Waals surface area contributed by atoms with Gasteiger partial charge in [-0.05, 0) is 49.4 Å². The molecule has 1 aromatic carbocycles. The fourth-order valence-corrected chi connectivity index (χ4v) is 4.51. The monoisotopic (exact) mass is 430 g/mol. The molecule has 0 aliphatic carbocycles. The Hall–Kier alpha value is -2.38. The molecule has 2 fully saturated rings. The first-order valence-electron chi connectivity index (χ1n) is 10.4. The number of piperidine rings is 2. The van der Waals surface area contributed by atoms with Crippen molar-refractivity contribution < 1.29 is 14.6 Å². The van der Waals surface area contributed by atoms with Gasteiger partial charge < -0.3 is 19.6 Å². The number of aromatic nitrogens is 2. The maximum atomic E-state index is 13.2. The average Bonchev–Trinajstić information content (AvgIpc) is 2.79. The number of benzene rings is 1. The summed E-state index contributed by atoms with van der Waals surface area (Å²) in [7, 11) is 1.56. The molecule has 1 aromatic heterocycles. The lowest BCUT2D eigenvalue weighted by atomic mass is 9.84. The number of hydrogen-bond donors (Lipinski definition) is 1. The third-order valence-electron chi connectivity index (χ3n) is 6.21. The van der Waals surface area contributed by atoms with Gasteiger partial charge in [0.05, 0.1) is 18.6 Å². The molecule has 3 heterocycles. The van der Waals surface area contributed by atoms with E-state index in [9.17, 15) is 9.90 Å². The Morgan fingerprint density at radius 1 is 1.13 bits per heavy atom. The number of carbonyl (C=O) groups is 1. The van der Waals surface area contributed by atoms with Crippen molar-refractivity contribution in [3.05, 3.63) is 47.0 Å². The smallest absolute Gasteiger partial charge is 0.233 e. The number of halogens is 1. The van der Waals surface area contributed by atoms with E-state index in [0.29, 0.717) is 43.4 Å². The number of methoxy groups -OCH3 is 1. The Balaban J connectivity index is 1.37. The van der Waals surface area contributed by atoms with E-state index in [1.165, 1.54) is 0 Å². The van der Waals surface area contributed by atoms with Crippen molar-refractivity contribution in [2.24, 2.45) is 5.92 Å². The van der Waals surface area contributed by atoms with Crippen molar-refractivity contribution in [2.45, 2.75) is 31.3 Å². The highest BCUT2D eigenvalue weighted by atomic mass is 35.5. The topological polar surface area (TPSA) is 78.8 Å². The van der Waals surface area contributed by atoms with Crippen LogP contribution in [0.2, 0.25) is 5.02 Å². The van der Waals surface area contributed by atoms with Crippen LogP contribution in [0, 0.1) is 5.92 Å². The molecule has 2 aliphatic rings. The van der Waals surface area contributed by atoms with Gasteiger partial charge in [0.25, 0.3) is 0 Å². The molecule has 1 amide bonds. The quantitative estimate of drug-likeness (QED) is 0.803. The van der Waals surface area contributed by atoms with E-state index >= 15 is 0 Å². The van der Waals surface area contributed by atoms with Crippen LogP contribution in [0.1, 0.15) is 31.2 Å². The number of nitrogens with zero attached hydrogens (tertiary/aromatic N) is 4. The second kappa shape index (κ2) is 8.78. The third kappa shape index (κ3) is 4.37. The predicted octanol–water partition coefficient (Wildman–Crippen LogP) is 2.87. The summed E-state index contributed by atoms with van der Waals surface area (Å²) in [5.74, 6) is 1.35. The van der Waals surface area contributed by atoms with E-state index in [1.54, 1.807) is 25.3 Å². The van der Waals surface area contributed by atoms with Gasteiger partial charge in [-0.2, -0.15) is 0 Å². The van der Waals surface area contributed by atoms with Crippen LogP contribution in [-0.2, 0) is 10.4 Å². The van der Waals surface area contributed by atoms with Gasteiger partial charge >= 0.3 is 0 Å². The maximum Gasteiger partial charge on any atom is 0.233 e. The lowest BCUT2D eigenvalue weighted by Gasteiger charge is -2.41. The van der Waals surface area contributed by atoms with Crippen LogP contribution in [0.25, 0.3) is 0 Å². The van der Waals surface area contributed by atoms with Crippen LogP contribution in [0.15, 0.2) is 36.4 Å². The Morgan fingerprint density at radius 3 is 2.50 bits per heavy atom. The molecular formula is C22H27ClN4O3. The number of ether oxygens (including phenoxy) is 1. The van der Waals surface area contributed by atoms with E-state index in [-0.39, 0.29) is 11.8 Å². The number of aliphatic hydroxyl groups is 1. The van der Waals surface area contributed by atoms with Crippen LogP contribution in [0.3, 0.4) is 0 Å². The summed E-state index contributed by atoms with van der Waals surface area (Å²) in [6.07, 6.45) is 2.87. The predicted molar refractivity (Wildman–Crippen MR) is 115 cm³/mol. The molecule has 2 aliphatic heterocycles. The fraction of sp³-hybridized carbons (Fsp3) is 0.500. The second-order valence-electron chi connectivity index (χ2n) is 8.08. The zero-order valence-electron chi connectivity index (χ0n) is 17.1. The van der Waals surface area contributed by atoms with Crippen LogP contribution in [-0.4, -0.2) is 59.4 Å². The van der Waals surface area contributed by atoms with Gasteiger partial charge in [-0.1, -0.05) is 23.7 Å². The van der Waals surface area contributed by atoms with Crippen molar-refractivity contribution in [3.63, 3.8) is 0 Å². The van der Waals surface area contributed by atoms with E-state index in [0.717, 1.165) is 30.8 Å². The Morgan fingerprint density at radius 2 is 1.87 bits per heavy atom. The molecule has 8 heteroatoms. The molecule has 0 bridgehead atoms. The molecule has 0 spiro atoms. The van der Waals surface area contributed by atoms with Crippen LogP contribution < -0.4 is 9.64 Å². The first-order chi connectivity index (χ1) is 14.5. The number of amides is 1. The van der Waals surface area contributed by atoms with Gasteiger partial charge in [0, 0.05) is 37.3 Å². The van der Waals surface area contributed by atoms with Crippen LogP contribution >= 0.6 is 11.6 Å². The van der Waals surface area contributed by atoms with Crippen molar-refractivity contribution >= 4 is 23.3 Å². The molecule has 1 unspecified atom stereocenters. The third-order valence-corrected chi connectivity index (χ3v) is 6.47. The molecule has 4 rings (SSSR count). The molecule has 2 saturated heterocycles. The molecule has 0 saturated carbocycles. The summed E-state index contributed by atoms with van der Waals surface area (Å²) in [5, 5.41) is 20.0. The minimum atomic E-state index is -0.904. The van der Waals surface area contributed by atoms with Crippen molar-refractivity contribution in [2.75, 3.05) is 38.2 Å². The van der Waals surface area contributed by atoms with Crippen LogP contribution in [0.5, 0.6) is 5.88 Å². The second-order valence-corrected chi connectivity index (χ2v) is 8.52. The van der Waals surface area contributed by atoms with Gasteiger partial charge in [0.15, 0.2) is 5.82 Å². The first kappa shape index (κ1) is 20.9.